The lowest BCUT2D eigenvalue weighted by atomic mass is 9.98. The highest BCUT2D eigenvalue weighted by atomic mass is 16.5. The van der Waals surface area contributed by atoms with Gasteiger partial charge in [-0.05, 0) is 31.5 Å². The summed E-state index contributed by atoms with van der Waals surface area (Å²) >= 11 is 0. The topological polar surface area (TPSA) is 54.3 Å². The predicted octanol–water partition coefficient (Wildman–Crippen LogP) is 3.67. The van der Waals surface area contributed by atoms with Crippen LogP contribution in [0.5, 0.6) is 11.5 Å². The molecular weight excluding hydrogens is 340 g/mol. The van der Waals surface area contributed by atoms with E-state index in [-0.39, 0.29) is 17.8 Å². The van der Waals surface area contributed by atoms with E-state index in [2.05, 4.69) is 36.1 Å². The zero-order valence-electron chi connectivity index (χ0n) is 16.0. The van der Waals surface area contributed by atoms with Crippen LogP contribution >= 0.6 is 0 Å². The number of aliphatic imine (C=N–C) groups is 1. The summed E-state index contributed by atoms with van der Waals surface area (Å²) in [4.78, 5) is 7.21. The number of aromatic hydroxyl groups is 1. The Hall–Kier alpha value is -2.37. The highest BCUT2D eigenvalue weighted by Crippen LogP contribution is 2.30. The molecule has 2 aromatic rings. The number of benzene rings is 2. The fraction of sp³-hybridized carbons (Fsp3) is 0.409. The molecule has 5 heteroatoms. The standard InChI is InChI=1S/C22H28N2O3/c1-3-27-20-11-7-10-19(22(20)25)16-23-17(2)21(18-8-5-4-6-9-18)24-12-14-26-15-13-24/h4-11,16-17,21,25H,3,12-15H2,1-2H3/t17-,21+/m1/s1. The van der Waals surface area contributed by atoms with Crippen molar-refractivity contribution >= 4 is 6.21 Å². The van der Waals surface area contributed by atoms with Crippen LogP contribution in [0.3, 0.4) is 0 Å². The molecule has 3 rings (SSSR count). The molecule has 1 N–H and O–H groups in total. The van der Waals surface area contributed by atoms with Crippen molar-refractivity contribution in [2.24, 2.45) is 4.99 Å². The van der Waals surface area contributed by atoms with Gasteiger partial charge in [-0.25, -0.2) is 0 Å². The number of nitrogens with zero attached hydrogens (tertiary/aromatic N) is 2. The van der Waals surface area contributed by atoms with Crippen LogP contribution in [0.15, 0.2) is 53.5 Å². The van der Waals surface area contributed by atoms with Crippen molar-refractivity contribution in [3.8, 4) is 11.5 Å². The van der Waals surface area contributed by atoms with E-state index in [4.69, 9.17) is 14.5 Å². The first-order valence-corrected chi connectivity index (χ1v) is 9.55. The molecule has 5 nitrogen and oxygen atoms in total. The lowest BCUT2D eigenvalue weighted by molar-refractivity contribution is 0.0119. The monoisotopic (exact) mass is 368 g/mol. The van der Waals surface area contributed by atoms with E-state index in [1.165, 1.54) is 5.56 Å². The summed E-state index contributed by atoms with van der Waals surface area (Å²) in [5.74, 6) is 0.625. The van der Waals surface area contributed by atoms with Crippen molar-refractivity contribution in [1.82, 2.24) is 4.90 Å². The van der Waals surface area contributed by atoms with Gasteiger partial charge in [0.15, 0.2) is 11.5 Å². The van der Waals surface area contributed by atoms with Crippen molar-refractivity contribution in [1.29, 1.82) is 0 Å². The Morgan fingerprint density at radius 1 is 1.15 bits per heavy atom. The summed E-state index contributed by atoms with van der Waals surface area (Å²) in [5, 5.41) is 10.4. The van der Waals surface area contributed by atoms with Crippen LogP contribution in [0.2, 0.25) is 0 Å². The minimum atomic E-state index is 0.0284. The Morgan fingerprint density at radius 3 is 2.59 bits per heavy atom. The van der Waals surface area contributed by atoms with Gasteiger partial charge in [-0.15, -0.1) is 0 Å². The van der Waals surface area contributed by atoms with Gasteiger partial charge >= 0.3 is 0 Å². The van der Waals surface area contributed by atoms with Gasteiger partial charge in [-0.2, -0.15) is 0 Å². The smallest absolute Gasteiger partial charge is 0.166 e. The third kappa shape index (κ3) is 4.87. The Kier molecular flexibility index (Phi) is 6.85. The molecule has 0 radical (unpaired) electrons. The molecule has 27 heavy (non-hydrogen) atoms. The van der Waals surface area contributed by atoms with E-state index in [0.717, 1.165) is 26.3 Å². The van der Waals surface area contributed by atoms with Gasteiger partial charge in [0.1, 0.15) is 0 Å². The summed E-state index contributed by atoms with van der Waals surface area (Å²) in [7, 11) is 0. The van der Waals surface area contributed by atoms with Crippen LogP contribution < -0.4 is 4.74 Å². The first-order valence-electron chi connectivity index (χ1n) is 9.55. The summed E-state index contributed by atoms with van der Waals surface area (Å²) < 4.78 is 11.0. The quantitative estimate of drug-likeness (QED) is 0.758. The van der Waals surface area contributed by atoms with Crippen LogP contribution in [0, 0.1) is 0 Å². The predicted molar refractivity (Wildman–Crippen MR) is 108 cm³/mol. The number of phenols is 1. The Morgan fingerprint density at radius 2 is 1.89 bits per heavy atom. The molecule has 2 atom stereocenters. The minimum absolute atomic E-state index is 0.0284. The molecule has 0 aromatic heterocycles. The highest BCUT2D eigenvalue weighted by molar-refractivity contribution is 5.84. The zero-order chi connectivity index (χ0) is 19.1. The maximum Gasteiger partial charge on any atom is 0.166 e. The van der Waals surface area contributed by atoms with Crippen LogP contribution in [0.25, 0.3) is 0 Å². The molecule has 1 aliphatic heterocycles. The fourth-order valence-corrected chi connectivity index (χ4v) is 3.50. The van der Waals surface area contributed by atoms with Crippen molar-refractivity contribution in [2.45, 2.75) is 25.9 Å². The van der Waals surface area contributed by atoms with Crippen LogP contribution in [-0.2, 0) is 4.74 Å². The van der Waals surface area contributed by atoms with E-state index in [9.17, 15) is 5.11 Å². The summed E-state index contributed by atoms with van der Waals surface area (Å²) in [5.41, 5.74) is 1.91. The van der Waals surface area contributed by atoms with Gasteiger partial charge in [0.2, 0.25) is 0 Å². The highest BCUT2D eigenvalue weighted by Gasteiger charge is 2.27. The lowest BCUT2D eigenvalue weighted by Gasteiger charge is -2.37. The maximum atomic E-state index is 10.4. The number of ether oxygens (including phenoxy) is 2. The van der Waals surface area contributed by atoms with Crippen molar-refractivity contribution in [3.05, 3.63) is 59.7 Å². The molecule has 0 spiro atoms. The number of para-hydroxylation sites is 1. The fourth-order valence-electron chi connectivity index (χ4n) is 3.50. The Bertz CT molecular complexity index is 742. The Labute approximate surface area is 161 Å². The summed E-state index contributed by atoms with van der Waals surface area (Å²) in [6.07, 6.45) is 1.75. The third-order valence-corrected chi connectivity index (χ3v) is 4.82. The van der Waals surface area contributed by atoms with Crippen molar-refractivity contribution < 1.29 is 14.6 Å². The average Bonchev–Trinajstić information content (AvgIpc) is 2.71. The molecule has 0 amide bonds. The molecule has 0 bridgehead atoms. The zero-order valence-corrected chi connectivity index (χ0v) is 16.0. The second-order valence-corrected chi connectivity index (χ2v) is 6.65. The molecule has 0 unspecified atom stereocenters. The number of rotatable bonds is 7. The van der Waals surface area contributed by atoms with Crippen molar-refractivity contribution in [2.75, 3.05) is 32.9 Å². The van der Waals surface area contributed by atoms with Gasteiger partial charge in [0.05, 0.1) is 31.9 Å². The Balaban J connectivity index is 1.83. The second kappa shape index (κ2) is 9.53. The number of hydrogen-bond acceptors (Lipinski definition) is 5. The van der Waals surface area contributed by atoms with E-state index < -0.39 is 0 Å². The molecule has 1 aliphatic rings. The third-order valence-electron chi connectivity index (χ3n) is 4.82. The first kappa shape index (κ1) is 19.4. The molecule has 144 valence electrons. The van der Waals surface area contributed by atoms with Gasteiger partial charge in [0, 0.05) is 24.9 Å². The van der Waals surface area contributed by atoms with E-state index in [1.54, 1.807) is 12.3 Å². The van der Waals surface area contributed by atoms with Gasteiger partial charge in [-0.3, -0.25) is 9.89 Å². The number of phenolic OH excluding ortho intramolecular Hbond substituents is 1. The second-order valence-electron chi connectivity index (χ2n) is 6.65. The van der Waals surface area contributed by atoms with Crippen LogP contribution in [0.1, 0.15) is 31.0 Å². The first-order chi connectivity index (χ1) is 13.2. The van der Waals surface area contributed by atoms with Crippen LogP contribution in [-0.4, -0.2) is 55.2 Å². The molecule has 0 saturated carbocycles. The van der Waals surface area contributed by atoms with Crippen LogP contribution in [0.4, 0.5) is 0 Å². The van der Waals surface area contributed by atoms with Gasteiger partial charge in [-0.1, -0.05) is 36.4 Å². The summed E-state index contributed by atoms with van der Waals surface area (Å²) in [6, 6.07) is 16.1. The van der Waals surface area contributed by atoms with E-state index >= 15 is 0 Å². The van der Waals surface area contributed by atoms with E-state index in [0.29, 0.717) is 17.9 Å². The largest absolute Gasteiger partial charge is 0.504 e. The molecule has 2 aromatic carbocycles. The van der Waals surface area contributed by atoms with E-state index in [1.807, 2.05) is 25.1 Å². The minimum Gasteiger partial charge on any atom is -0.504 e. The number of hydrogen-bond donors (Lipinski definition) is 1. The summed E-state index contributed by atoms with van der Waals surface area (Å²) in [6.45, 7) is 7.81. The lowest BCUT2D eigenvalue weighted by Crippen LogP contribution is -2.42. The molecule has 1 heterocycles. The average molecular weight is 368 g/mol. The number of morpholine rings is 1. The molecule has 1 fully saturated rings. The normalized spacial score (nSPS) is 17.7. The maximum absolute atomic E-state index is 10.4. The molecule has 1 saturated heterocycles. The molecular formula is C22H28N2O3. The SMILES string of the molecule is CCOc1cccc(C=N[C@H](C)[C@@H](c2ccccc2)N2CCOCC2)c1O. The van der Waals surface area contributed by atoms with Gasteiger partial charge < -0.3 is 14.6 Å². The molecule has 0 aliphatic carbocycles. The van der Waals surface area contributed by atoms with Gasteiger partial charge in [0.25, 0.3) is 0 Å². The van der Waals surface area contributed by atoms with Crippen molar-refractivity contribution in [3.63, 3.8) is 0 Å².